The molecule has 6 heteroatoms. The Kier molecular flexibility index (Phi) is 6.43. The van der Waals surface area contributed by atoms with E-state index in [1.807, 2.05) is 4.68 Å². The van der Waals surface area contributed by atoms with Gasteiger partial charge in [-0.25, -0.2) is 4.68 Å². The quantitative estimate of drug-likeness (QED) is 0.924. The highest BCUT2D eigenvalue weighted by molar-refractivity contribution is 5.85. The van der Waals surface area contributed by atoms with Crippen LogP contribution in [0, 0.1) is 5.92 Å². The lowest BCUT2D eigenvalue weighted by molar-refractivity contribution is 0.161. The van der Waals surface area contributed by atoms with Crippen molar-refractivity contribution in [2.24, 2.45) is 11.7 Å². The topological polar surface area (TPSA) is 60.0 Å². The van der Waals surface area contributed by atoms with Crippen LogP contribution >= 0.6 is 12.4 Å². The number of nitrogens with zero attached hydrogens (tertiary/aromatic N) is 4. The molecule has 1 fully saturated rings. The first-order valence-electron chi connectivity index (χ1n) is 7.33. The maximum Gasteiger partial charge on any atom is 0.0967 e. The molecule has 0 bridgehead atoms. The van der Waals surface area contributed by atoms with Crippen molar-refractivity contribution in [1.29, 1.82) is 0 Å². The smallest absolute Gasteiger partial charge is 0.0967 e. The summed E-state index contributed by atoms with van der Waals surface area (Å²) in [7, 11) is 0. The molecular formula is C14H28ClN5. The summed E-state index contributed by atoms with van der Waals surface area (Å²) in [5.74, 6) is 0.761. The maximum atomic E-state index is 5.66. The van der Waals surface area contributed by atoms with Gasteiger partial charge in [0.25, 0.3) is 0 Å². The molecule has 5 nitrogen and oxygen atoms in total. The molecule has 2 heterocycles. The Morgan fingerprint density at radius 3 is 2.75 bits per heavy atom. The van der Waals surface area contributed by atoms with Gasteiger partial charge in [-0.2, -0.15) is 0 Å². The van der Waals surface area contributed by atoms with Crippen LogP contribution in [-0.2, 0) is 12.1 Å². The van der Waals surface area contributed by atoms with E-state index >= 15 is 0 Å². The molecule has 1 aliphatic heterocycles. The molecule has 0 saturated carbocycles. The minimum absolute atomic E-state index is 0. The van der Waals surface area contributed by atoms with Crippen molar-refractivity contribution in [3.05, 3.63) is 11.9 Å². The molecule has 0 spiro atoms. The third-order valence-electron chi connectivity index (χ3n) is 3.79. The summed E-state index contributed by atoms with van der Waals surface area (Å²) in [6, 6.07) is 0. The second kappa shape index (κ2) is 7.38. The van der Waals surface area contributed by atoms with Gasteiger partial charge in [0.15, 0.2) is 0 Å². The lowest BCUT2D eigenvalue weighted by Gasteiger charge is -2.31. The average molecular weight is 302 g/mol. The second-order valence-electron chi connectivity index (χ2n) is 6.65. The number of hydrogen-bond acceptors (Lipinski definition) is 4. The van der Waals surface area contributed by atoms with Gasteiger partial charge in [0.2, 0.25) is 0 Å². The molecule has 116 valence electrons. The van der Waals surface area contributed by atoms with Gasteiger partial charge in [-0.15, -0.1) is 17.5 Å². The van der Waals surface area contributed by atoms with Gasteiger partial charge in [-0.3, -0.25) is 4.90 Å². The summed E-state index contributed by atoms with van der Waals surface area (Å²) in [4.78, 5) is 2.49. The molecule has 0 aromatic carbocycles. The van der Waals surface area contributed by atoms with Gasteiger partial charge in [0.1, 0.15) is 0 Å². The third kappa shape index (κ3) is 4.72. The molecule has 2 rings (SSSR count). The van der Waals surface area contributed by atoms with Crippen LogP contribution in [0.3, 0.4) is 0 Å². The minimum Gasteiger partial charge on any atom is -0.330 e. The van der Waals surface area contributed by atoms with E-state index in [1.165, 1.54) is 19.4 Å². The Hall–Kier alpha value is -0.650. The van der Waals surface area contributed by atoms with Crippen LogP contribution in [0.5, 0.6) is 0 Å². The van der Waals surface area contributed by atoms with Gasteiger partial charge >= 0.3 is 0 Å². The Morgan fingerprint density at radius 2 is 2.15 bits per heavy atom. The highest BCUT2D eigenvalue weighted by Crippen LogP contribution is 2.20. The Balaban J connectivity index is 0.00000200. The van der Waals surface area contributed by atoms with Crippen molar-refractivity contribution in [3.8, 4) is 0 Å². The first-order valence-corrected chi connectivity index (χ1v) is 7.33. The molecular weight excluding hydrogens is 274 g/mol. The summed E-state index contributed by atoms with van der Waals surface area (Å²) >= 11 is 0. The Morgan fingerprint density at radius 1 is 1.40 bits per heavy atom. The molecule has 1 aliphatic rings. The van der Waals surface area contributed by atoms with Gasteiger partial charge in [0, 0.05) is 13.1 Å². The minimum atomic E-state index is 0. The molecule has 1 aromatic heterocycles. The van der Waals surface area contributed by atoms with E-state index in [1.54, 1.807) is 0 Å². The van der Waals surface area contributed by atoms with Crippen molar-refractivity contribution < 1.29 is 0 Å². The first-order chi connectivity index (χ1) is 8.99. The van der Waals surface area contributed by atoms with Crippen LogP contribution in [0.4, 0.5) is 0 Å². The summed E-state index contributed by atoms with van der Waals surface area (Å²) in [5.41, 5.74) is 6.75. The Labute approximate surface area is 128 Å². The van der Waals surface area contributed by atoms with Crippen molar-refractivity contribution in [3.63, 3.8) is 0 Å². The van der Waals surface area contributed by atoms with Gasteiger partial charge in [-0.1, -0.05) is 5.21 Å². The standard InChI is InChI=1S/C14H27N5.ClH/c1-14(2,3)19-11-13(16-17-19)10-18-8-4-5-12(9-18)6-7-15;/h11-12H,4-10,15H2,1-3H3;1H. The second-order valence-corrected chi connectivity index (χ2v) is 6.65. The molecule has 0 aliphatic carbocycles. The van der Waals surface area contributed by atoms with E-state index in [0.29, 0.717) is 0 Å². The number of piperidine rings is 1. The first kappa shape index (κ1) is 17.4. The molecule has 1 aromatic rings. The zero-order chi connectivity index (χ0) is 13.9. The van der Waals surface area contributed by atoms with E-state index in [4.69, 9.17) is 5.73 Å². The fraction of sp³-hybridized carbons (Fsp3) is 0.857. The highest BCUT2D eigenvalue weighted by atomic mass is 35.5. The third-order valence-corrected chi connectivity index (χ3v) is 3.79. The number of aromatic nitrogens is 3. The monoisotopic (exact) mass is 301 g/mol. The van der Waals surface area contributed by atoms with E-state index in [0.717, 1.165) is 37.7 Å². The molecule has 20 heavy (non-hydrogen) atoms. The predicted octanol–water partition coefficient (Wildman–Crippen LogP) is 2.02. The lowest BCUT2D eigenvalue weighted by atomic mass is 9.95. The van der Waals surface area contributed by atoms with Crippen LogP contribution in [-0.4, -0.2) is 39.5 Å². The zero-order valence-electron chi connectivity index (χ0n) is 12.9. The molecule has 2 N–H and O–H groups in total. The SMILES string of the molecule is CC(C)(C)n1cc(CN2CCCC(CCN)C2)nn1.Cl. The number of hydrogen-bond donors (Lipinski definition) is 1. The van der Waals surface area contributed by atoms with E-state index in [-0.39, 0.29) is 17.9 Å². The van der Waals surface area contributed by atoms with Crippen molar-refractivity contribution >= 4 is 12.4 Å². The van der Waals surface area contributed by atoms with Gasteiger partial charge < -0.3 is 5.73 Å². The van der Waals surface area contributed by atoms with Crippen LogP contribution in [0.15, 0.2) is 6.20 Å². The summed E-state index contributed by atoms with van der Waals surface area (Å²) in [5, 5.41) is 8.52. The summed E-state index contributed by atoms with van der Waals surface area (Å²) in [6.07, 6.45) is 5.82. The molecule has 1 atom stereocenters. The highest BCUT2D eigenvalue weighted by Gasteiger charge is 2.21. The van der Waals surface area contributed by atoms with Crippen LogP contribution in [0.2, 0.25) is 0 Å². The van der Waals surface area contributed by atoms with Gasteiger partial charge in [0.05, 0.1) is 17.4 Å². The molecule has 0 radical (unpaired) electrons. The van der Waals surface area contributed by atoms with Crippen LogP contribution in [0.25, 0.3) is 0 Å². The molecule has 1 saturated heterocycles. The van der Waals surface area contributed by atoms with E-state index in [9.17, 15) is 0 Å². The summed E-state index contributed by atoms with van der Waals surface area (Å²) < 4.78 is 1.95. The van der Waals surface area contributed by atoms with E-state index < -0.39 is 0 Å². The van der Waals surface area contributed by atoms with Crippen molar-refractivity contribution in [2.45, 2.75) is 52.1 Å². The number of nitrogens with two attached hydrogens (primary N) is 1. The van der Waals surface area contributed by atoms with Crippen molar-refractivity contribution in [1.82, 2.24) is 19.9 Å². The fourth-order valence-electron chi connectivity index (χ4n) is 2.69. The fourth-order valence-corrected chi connectivity index (χ4v) is 2.69. The van der Waals surface area contributed by atoms with Gasteiger partial charge in [-0.05, 0) is 59.0 Å². The number of halogens is 1. The zero-order valence-corrected chi connectivity index (χ0v) is 13.7. The average Bonchev–Trinajstić information content (AvgIpc) is 2.78. The Bertz CT molecular complexity index is 397. The predicted molar refractivity (Wildman–Crippen MR) is 83.9 cm³/mol. The number of likely N-dealkylation sites (tertiary alicyclic amines) is 1. The number of rotatable bonds is 4. The molecule has 1 unspecified atom stereocenters. The molecule has 0 amide bonds. The van der Waals surface area contributed by atoms with Crippen LogP contribution in [0.1, 0.15) is 45.7 Å². The maximum absolute atomic E-state index is 5.66. The lowest BCUT2D eigenvalue weighted by Crippen LogP contribution is -2.35. The van der Waals surface area contributed by atoms with E-state index in [2.05, 4.69) is 42.2 Å². The van der Waals surface area contributed by atoms with Crippen LogP contribution < -0.4 is 5.73 Å². The normalized spacial score (nSPS) is 20.7. The van der Waals surface area contributed by atoms with Crippen molar-refractivity contribution in [2.75, 3.05) is 19.6 Å². The summed E-state index contributed by atoms with van der Waals surface area (Å²) in [6.45, 7) is 10.5. The largest absolute Gasteiger partial charge is 0.330 e.